The van der Waals surface area contributed by atoms with E-state index in [-0.39, 0.29) is 12.5 Å². The van der Waals surface area contributed by atoms with Crippen LogP contribution < -0.4 is 5.32 Å². The van der Waals surface area contributed by atoms with E-state index in [2.05, 4.69) is 24.4 Å². The van der Waals surface area contributed by atoms with E-state index in [4.69, 9.17) is 5.11 Å². The van der Waals surface area contributed by atoms with Gasteiger partial charge in [-0.25, -0.2) is 0 Å². The lowest BCUT2D eigenvalue weighted by Crippen LogP contribution is -2.44. The number of carbonyl (C=O) groups excluding carboxylic acids is 1. The molecule has 0 saturated carbocycles. The lowest BCUT2D eigenvalue weighted by molar-refractivity contribution is -0.121. The fraction of sp³-hybridized carbons (Fsp3) is 0.812. The Morgan fingerprint density at radius 3 is 2.35 bits per heavy atom. The van der Waals surface area contributed by atoms with Gasteiger partial charge in [-0.2, -0.15) is 0 Å². The number of nitrogens with one attached hydrogen (secondary N) is 1. The predicted octanol–water partition coefficient (Wildman–Crippen LogP) is 2.54. The fourth-order valence-electron chi connectivity index (χ4n) is 2.10. The molecule has 0 aromatic heterocycles. The summed E-state index contributed by atoms with van der Waals surface area (Å²) in [5, 5.41) is 21.5. The number of hydrogen-bond acceptors (Lipinski definition) is 3. The van der Waals surface area contributed by atoms with Crippen LogP contribution in [0.3, 0.4) is 0 Å². The van der Waals surface area contributed by atoms with Gasteiger partial charge in [0.2, 0.25) is 5.91 Å². The average Bonchev–Trinajstić information content (AvgIpc) is 2.42. The molecule has 0 saturated heterocycles. The Kier molecular flexibility index (Phi) is 12.6. The van der Waals surface area contributed by atoms with Gasteiger partial charge >= 0.3 is 0 Å². The van der Waals surface area contributed by atoms with Crippen molar-refractivity contribution in [3.63, 3.8) is 0 Å². The van der Waals surface area contributed by atoms with Gasteiger partial charge in [0, 0.05) is 6.92 Å². The molecule has 0 heterocycles. The molecule has 4 nitrogen and oxygen atoms in total. The average molecular weight is 285 g/mol. The normalized spacial score (nSPS) is 14.4. The van der Waals surface area contributed by atoms with E-state index in [0.717, 1.165) is 19.3 Å². The molecular weight excluding hydrogens is 254 g/mol. The standard InChI is InChI=1S/C16H31NO3/c1-3-4-5-6-7-8-9-10-11-12-16(20)15(13-18)17-14(2)19/h8-9,15-16,18,20H,3-7,10-13H2,1-2H3,(H,17,19)/b9-8-/t15-,16-/m1/s1. The molecule has 0 radical (unpaired) electrons. The molecule has 20 heavy (non-hydrogen) atoms. The molecule has 0 aliphatic carbocycles. The van der Waals surface area contributed by atoms with Gasteiger partial charge in [0.05, 0.1) is 18.8 Å². The maximum Gasteiger partial charge on any atom is 0.217 e. The summed E-state index contributed by atoms with van der Waals surface area (Å²) >= 11 is 0. The highest BCUT2D eigenvalue weighted by Crippen LogP contribution is 2.07. The molecule has 0 bridgehead atoms. The summed E-state index contributed by atoms with van der Waals surface area (Å²) in [5.41, 5.74) is 0. The van der Waals surface area contributed by atoms with Crippen molar-refractivity contribution >= 4 is 5.91 Å². The first kappa shape index (κ1) is 19.1. The summed E-state index contributed by atoms with van der Waals surface area (Å²) in [7, 11) is 0. The van der Waals surface area contributed by atoms with Crippen LogP contribution in [0.15, 0.2) is 12.2 Å². The molecule has 118 valence electrons. The number of unbranched alkanes of at least 4 members (excludes halogenated alkanes) is 5. The summed E-state index contributed by atoms with van der Waals surface area (Å²) < 4.78 is 0. The Bertz CT molecular complexity index is 266. The van der Waals surface area contributed by atoms with Gasteiger partial charge in [0.15, 0.2) is 0 Å². The van der Waals surface area contributed by atoms with Crippen molar-refractivity contribution in [2.45, 2.75) is 77.4 Å². The maximum atomic E-state index is 10.9. The second-order valence-electron chi connectivity index (χ2n) is 5.31. The van der Waals surface area contributed by atoms with E-state index in [1.807, 2.05) is 0 Å². The molecule has 4 heteroatoms. The molecule has 0 aliphatic heterocycles. The maximum absolute atomic E-state index is 10.9. The van der Waals surface area contributed by atoms with Crippen LogP contribution in [0.4, 0.5) is 0 Å². The zero-order valence-corrected chi connectivity index (χ0v) is 13.0. The van der Waals surface area contributed by atoms with Gasteiger partial charge in [0.25, 0.3) is 0 Å². The van der Waals surface area contributed by atoms with Gasteiger partial charge < -0.3 is 15.5 Å². The zero-order chi connectivity index (χ0) is 15.2. The quantitative estimate of drug-likeness (QED) is 0.381. The zero-order valence-electron chi connectivity index (χ0n) is 13.0. The fourth-order valence-corrected chi connectivity index (χ4v) is 2.10. The minimum Gasteiger partial charge on any atom is -0.394 e. The van der Waals surface area contributed by atoms with Crippen molar-refractivity contribution in [3.8, 4) is 0 Å². The Morgan fingerprint density at radius 2 is 1.80 bits per heavy atom. The minimum atomic E-state index is -0.679. The van der Waals surface area contributed by atoms with Crippen molar-refractivity contribution in [2.24, 2.45) is 0 Å². The Morgan fingerprint density at radius 1 is 1.15 bits per heavy atom. The lowest BCUT2D eigenvalue weighted by atomic mass is 10.0. The van der Waals surface area contributed by atoms with Crippen LogP contribution in [0.1, 0.15) is 65.2 Å². The van der Waals surface area contributed by atoms with Crippen LogP contribution >= 0.6 is 0 Å². The topological polar surface area (TPSA) is 69.6 Å². The smallest absolute Gasteiger partial charge is 0.217 e. The summed E-state index contributed by atoms with van der Waals surface area (Å²) in [5.74, 6) is -0.227. The van der Waals surface area contributed by atoms with Crippen LogP contribution in [-0.2, 0) is 4.79 Å². The predicted molar refractivity (Wildman–Crippen MR) is 82.4 cm³/mol. The SMILES string of the molecule is CCCCCC/C=C\CCC[C@@H](O)[C@@H](CO)NC(C)=O. The highest BCUT2D eigenvalue weighted by atomic mass is 16.3. The van der Waals surface area contributed by atoms with Crippen molar-refractivity contribution in [1.82, 2.24) is 5.32 Å². The molecule has 0 rings (SSSR count). The van der Waals surface area contributed by atoms with Crippen molar-refractivity contribution in [3.05, 3.63) is 12.2 Å². The second kappa shape index (κ2) is 13.1. The number of amides is 1. The van der Waals surface area contributed by atoms with Gasteiger partial charge in [-0.3, -0.25) is 4.79 Å². The molecule has 0 spiro atoms. The molecule has 2 atom stereocenters. The van der Waals surface area contributed by atoms with E-state index in [1.165, 1.54) is 32.6 Å². The van der Waals surface area contributed by atoms with Crippen molar-refractivity contribution in [2.75, 3.05) is 6.61 Å². The largest absolute Gasteiger partial charge is 0.394 e. The van der Waals surface area contributed by atoms with E-state index in [0.29, 0.717) is 6.42 Å². The Balaban J connectivity index is 3.61. The first-order valence-electron chi connectivity index (χ1n) is 7.82. The second-order valence-corrected chi connectivity index (χ2v) is 5.31. The third-order valence-corrected chi connectivity index (χ3v) is 3.31. The first-order chi connectivity index (χ1) is 9.61. The van der Waals surface area contributed by atoms with E-state index >= 15 is 0 Å². The van der Waals surface area contributed by atoms with Crippen molar-refractivity contribution in [1.29, 1.82) is 0 Å². The number of hydrogen-bond donors (Lipinski definition) is 3. The number of carbonyl (C=O) groups is 1. The summed E-state index contributed by atoms with van der Waals surface area (Å²) in [6.07, 6.45) is 12.3. The van der Waals surface area contributed by atoms with Crippen LogP contribution in [0, 0.1) is 0 Å². The third kappa shape index (κ3) is 11.0. The first-order valence-corrected chi connectivity index (χ1v) is 7.82. The number of rotatable bonds is 12. The molecule has 3 N–H and O–H groups in total. The van der Waals surface area contributed by atoms with E-state index in [1.54, 1.807) is 0 Å². The molecule has 0 unspecified atom stereocenters. The summed E-state index contributed by atoms with van der Waals surface area (Å²) in [6, 6.07) is -0.550. The monoisotopic (exact) mass is 285 g/mol. The molecule has 0 fully saturated rings. The highest BCUT2D eigenvalue weighted by molar-refractivity contribution is 5.73. The molecule has 0 aromatic rings. The molecule has 1 amide bonds. The van der Waals surface area contributed by atoms with Gasteiger partial charge in [-0.15, -0.1) is 0 Å². The number of aliphatic hydroxyl groups excluding tert-OH is 2. The lowest BCUT2D eigenvalue weighted by Gasteiger charge is -2.21. The van der Waals surface area contributed by atoms with Gasteiger partial charge in [-0.1, -0.05) is 38.3 Å². The molecular formula is C16H31NO3. The Hall–Kier alpha value is -0.870. The van der Waals surface area contributed by atoms with Crippen LogP contribution in [0.25, 0.3) is 0 Å². The molecule has 0 aliphatic rings. The Labute approximate surface area is 123 Å². The number of aliphatic hydroxyl groups is 2. The highest BCUT2D eigenvalue weighted by Gasteiger charge is 2.18. The van der Waals surface area contributed by atoms with Gasteiger partial charge in [-0.05, 0) is 32.1 Å². The van der Waals surface area contributed by atoms with E-state index < -0.39 is 12.1 Å². The summed E-state index contributed by atoms with van der Waals surface area (Å²) in [6.45, 7) is 3.37. The van der Waals surface area contributed by atoms with Crippen LogP contribution in [0.2, 0.25) is 0 Å². The van der Waals surface area contributed by atoms with Crippen molar-refractivity contribution < 1.29 is 15.0 Å². The summed E-state index contributed by atoms with van der Waals surface area (Å²) in [4.78, 5) is 10.9. The minimum absolute atomic E-state index is 0.227. The third-order valence-electron chi connectivity index (χ3n) is 3.31. The molecule has 0 aromatic carbocycles. The van der Waals surface area contributed by atoms with Gasteiger partial charge in [0.1, 0.15) is 0 Å². The van der Waals surface area contributed by atoms with E-state index in [9.17, 15) is 9.90 Å². The van der Waals surface area contributed by atoms with Crippen LogP contribution in [-0.4, -0.2) is 34.9 Å². The number of allylic oxidation sites excluding steroid dienone is 2. The van der Waals surface area contributed by atoms with Crippen LogP contribution in [0.5, 0.6) is 0 Å².